The molecule has 0 saturated heterocycles. The topological polar surface area (TPSA) is 89.9 Å². The van der Waals surface area contributed by atoms with Crippen LogP contribution in [0.1, 0.15) is 30.0 Å². The fourth-order valence-electron chi connectivity index (χ4n) is 4.53. The number of hydrogen-bond donors (Lipinski definition) is 3. The lowest BCUT2D eigenvalue weighted by Crippen LogP contribution is -2.25. The molecule has 0 radical (unpaired) electrons. The third kappa shape index (κ3) is 8.09. The van der Waals surface area contributed by atoms with E-state index in [4.69, 9.17) is 10.2 Å². The van der Waals surface area contributed by atoms with Crippen LogP contribution in [0.2, 0.25) is 0 Å². The molecule has 0 fully saturated rings. The number of nitrogens with one attached hydrogen (secondary N) is 1. The molecule has 0 atom stereocenters. The molecule has 0 bridgehead atoms. The molecule has 0 aliphatic carbocycles. The Labute approximate surface area is 239 Å². The lowest BCUT2D eigenvalue weighted by molar-refractivity contribution is -0.134. The van der Waals surface area contributed by atoms with Crippen LogP contribution in [0.5, 0.6) is 0 Å². The number of unbranched alkanes of at least 4 members (excludes halogenated alkanes) is 1. The van der Waals surface area contributed by atoms with Crippen LogP contribution in [0, 0.1) is 0 Å². The van der Waals surface area contributed by atoms with Crippen LogP contribution >= 0.6 is 11.8 Å². The molecule has 7 heteroatoms. The van der Waals surface area contributed by atoms with E-state index in [9.17, 15) is 9.59 Å². The van der Waals surface area contributed by atoms with Crippen LogP contribution in [0.15, 0.2) is 131 Å². The van der Waals surface area contributed by atoms with Gasteiger partial charge in [-0.1, -0.05) is 96.7 Å². The number of anilines is 2. The molecular weight excluding hydrogens is 520 g/mol. The molecule has 0 saturated carbocycles. The molecule has 0 spiro atoms. The molecule has 1 aliphatic rings. The molecule has 1 heterocycles. The standard InChI is InChI=1S/C29H28N2S.C4H4O4/c1-3-13-23(14-4-1)29(24-15-5-2-6-16-24)30-21-11-12-22-31-25-17-7-9-19-27(25)32-28-20-10-8-18-26(28)31;5-3(6)1-2-4(7)8/h1-10,13-20,29-30H,11-12,21-22H2;1-2H,(H,5,6)(H,7,8)/b;2-1-. The minimum absolute atomic E-state index is 0.227. The third-order valence-electron chi connectivity index (χ3n) is 6.32. The highest BCUT2D eigenvalue weighted by atomic mass is 32.2. The second-order valence-electron chi connectivity index (χ2n) is 9.11. The number of carboxylic acid groups (broad SMARTS) is 2. The lowest BCUT2D eigenvalue weighted by atomic mass is 9.98. The minimum atomic E-state index is -1.26. The van der Waals surface area contributed by atoms with Gasteiger partial charge in [-0.2, -0.15) is 0 Å². The van der Waals surface area contributed by atoms with Gasteiger partial charge in [-0.25, -0.2) is 9.59 Å². The van der Waals surface area contributed by atoms with Crippen LogP contribution in [0.4, 0.5) is 11.4 Å². The van der Waals surface area contributed by atoms with E-state index in [-0.39, 0.29) is 6.04 Å². The Morgan fingerprint density at radius 3 is 1.60 bits per heavy atom. The van der Waals surface area contributed by atoms with Crippen LogP contribution in [0.3, 0.4) is 0 Å². The fourth-order valence-corrected chi connectivity index (χ4v) is 5.62. The summed E-state index contributed by atoms with van der Waals surface area (Å²) in [5, 5.41) is 19.4. The predicted octanol–water partition coefficient (Wildman–Crippen LogP) is 7.16. The van der Waals surface area contributed by atoms with Gasteiger partial charge in [0.2, 0.25) is 0 Å². The number of carboxylic acids is 2. The summed E-state index contributed by atoms with van der Waals surface area (Å²) in [6, 6.07) is 39.2. The molecule has 0 amide bonds. The van der Waals surface area contributed by atoms with Gasteiger partial charge in [-0.05, 0) is 54.8 Å². The summed E-state index contributed by atoms with van der Waals surface area (Å²) < 4.78 is 0. The van der Waals surface area contributed by atoms with Crippen molar-refractivity contribution in [3.63, 3.8) is 0 Å². The zero-order valence-corrected chi connectivity index (χ0v) is 22.8. The summed E-state index contributed by atoms with van der Waals surface area (Å²) in [4.78, 5) is 24.3. The number of hydrogen-bond acceptors (Lipinski definition) is 5. The summed E-state index contributed by atoms with van der Waals surface area (Å²) in [6.45, 7) is 2.01. The molecule has 0 unspecified atom stereocenters. The monoisotopic (exact) mass is 552 g/mol. The number of carbonyl (C=O) groups is 2. The summed E-state index contributed by atoms with van der Waals surface area (Å²) in [6.07, 6.45) is 3.38. The Hall–Kier alpha value is -4.33. The van der Waals surface area contributed by atoms with E-state index in [1.54, 1.807) is 0 Å². The van der Waals surface area contributed by atoms with Gasteiger partial charge in [0, 0.05) is 28.5 Å². The molecule has 40 heavy (non-hydrogen) atoms. The van der Waals surface area contributed by atoms with Gasteiger partial charge in [-0.15, -0.1) is 0 Å². The van der Waals surface area contributed by atoms with Crippen LogP contribution < -0.4 is 10.2 Å². The highest BCUT2D eigenvalue weighted by molar-refractivity contribution is 7.99. The Kier molecular flexibility index (Phi) is 10.6. The SMILES string of the molecule is O=C(O)/C=C\C(=O)O.c1ccc(C(NCCCCN2c3ccccc3Sc3ccccc32)c2ccccc2)cc1. The van der Waals surface area contributed by atoms with E-state index >= 15 is 0 Å². The average molecular weight is 553 g/mol. The minimum Gasteiger partial charge on any atom is -0.478 e. The zero-order chi connectivity index (χ0) is 28.2. The number of aliphatic carboxylic acids is 2. The van der Waals surface area contributed by atoms with Gasteiger partial charge < -0.3 is 20.4 Å². The van der Waals surface area contributed by atoms with E-state index < -0.39 is 11.9 Å². The maximum Gasteiger partial charge on any atom is 0.328 e. The van der Waals surface area contributed by atoms with Crippen molar-refractivity contribution in [3.8, 4) is 0 Å². The third-order valence-corrected chi connectivity index (χ3v) is 7.45. The Morgan fingerprint density at radius 1 is 0.675 bits per heavy atom. The normalized spacial score (nSPS) is 11.9. The summed E-state index contributed by atoms with van der Waals surface area (Å²) >= 11 is 1.88. The molecule has 5 rings (SSSR count). The van der Waals surface area contributed by atoms with Crippen molar-refractivity contribution in [3.05, 3.63) is 132 Å². The molecule has 4 aromatic rings. The molecule has 204 valence electrons. The maximum atomic E-state index is 9.55. The van der Waals surface area contributed by atoms with Crippen LogP contribution in [-0.4, -0.2) is 35.2 Å². The molecule has 4 aromatic carbocycles. The first-order valence-corrected chi connectivity index (χ1v) is 13.9. The molecular formula is C33H32N2O4S. The van der Waals surface area contributed by atoms with E-state index in [0.29, 0.717) is 12.2 Å². The highest BCUT2D eigenvalue weighted by Crippen LogP contribution is 2.47. The smallest absolute Gasteiger partial charge is 0.328 e. The summed E-state index contributed by atoms with van der Waals surface area (Å²) in [5.41, 5.74) is 5.29. The summed E-state index contributed by atoms with van der Waals surface area (Å²) in [7, 11) is 0. The average Bonchev–Trinajstić information content (AvgIpc) is 2.98. The highest BCUT2D eigenvalue weighted by Gasteiger charge is 2.22. The van der Waals surface area contributed by atoms with Gasteiger partial charge in [-0.3, -0.25) is 0 Å². The largest absolute Gasteiger partial charge is 0.478 e. The van der Waals surface area contributed by atoms with Crippen LogP contribution in [0.25, 0.3) is 0 Å². The lowest BCUT2D eigenvalue weighted by Gasteiger charge is -2.32. The molecule has 3 N–H and O–H groups in total. The van der Waals surface area contributed by atoms with Crippen molar-refractivity contribution in [2.45, 2.75) is 28.7 Å². The van der Waals surface area contributed by atoms with Crippen molar-refractivity contribution in [1.82, 2.24) is 5.32 Å². The predicted molar refractivity (Wildman–Crippen MR) is 160 cm³/mol. The van der Waals surface area contributed by atoms with Crippen molar-refractivity contribution in [1.29, 1.82) is 0 Å². The molecule has 1 aliphatic heterocycles. The van der Waals surface area contributed by atoms with Crippen molar-refractivity contribution in [2.24, 2.45) is 0 Å². The number of benzene rings is 4. The second kappa shape index (κ2) is 14.7. The molecule has 6 nitrogen and oxygen atoms in total. The number of nitrogens with zero attached hydrogens (tertiary/aromatic N) is 1. The maximum absolute atomic E-state index is 9.55. The van der Waals surface area contributed by atoms with Gasteiger partial charge in [0.15, 0.2) is 0 Å². The van der Waals surface area contributed by atoms with E-state index in [1.165, 1.54) is 32.3 Å². The van der Waals surface area contributed by atoms with Gasteiger partial charge in [0.1, 0.15) is 0 Å². The number of para-hydroxylation sites is 2. The van der Waals surface area contributed by atoms with Crippen LogP contribution in [-0.2, 0) is 9.59 Å². The first-order valence-electron chi connectivity index (χ1n) is 13.1. The first kappa shape index (κ1) is 28.7. The Bertz CT molecular complexity index is 1330. The van der Waals surface area contributed by atoms with Crippen molar-refractivity contribution >= 4 is 35.1 Å². The number of rotatable bonds is 10. The fraction of sp³-hybridized carbons (Fsp3) is 0.152. The summed E-state index contributed by atoms with van der Waals surface area (Å²) in [5.74, 6) is -2.51. The van der Waals surface area contributed by atoms with E-state index in [0.717, 1.165) is 25.9 Å². The van der Waals surface area contributed by atoms with Gasteiger partial charge >= 0.3 is 11.9 Å². The second-order valence-corrected chi connectivity index (χ2v) is 10.2. The Balaban J connectivity index is 0.000000406. The van der Waals surface area contributed by atoms with Crippen molar-refractivity contribution in [2.75, 3.05) is 18.0 Å². The van der Waals surface area contributed by atoms with Gasteiger partial charge in [0.25, 0.3) is 0 Å². The zero-order valence-electron chi connectivity index (χ0n) is 22.0. The van der Waals surface area contributed by atoms with E-state index in [1.807, 2.05) is 11.8 Å². The number of fused-ring (bicyclic) bond motifs is 2. The first-order chi connectivity index (χ1) is 19.5. The van der Waals surface area contributed by atoms with Gasteiger partial charge in [0.05, 0.1) is 17.4 Å². The Morgan fingerprint density at radius 2 is 1.12 bits per heavy atom. The quantitative estimate of drug-likeness (QED) is 0.142. The van der Waals surface area contributed by atoms with Crippen molar-refractivity contribution < 1.29 is 19.8 Å². The van der Waals surface area contributed by atoms with E-state index in [2.05, 4.69) is 119 Å². The molecule has 0 aromatic heterocycles.